The summed E-state index contributed by atoms with van der Waals surface area (Å²) in [5.41, 5.74) is 0. The summed E-state index contributed by atoms with van der Waals surface area (Å²) in [6.07, 6.45) is 20.4. The molecular weight excluding hydrogens is 268 g/mol. The SMILES string of the molecule is CCCCCCCCCCCCCCCCN1CCN(C)C1. The van der Waals surface area contributed by atoms with Gasteiger partial charge in [-0.05, 0) is 20.0 Å². The van der Waals surface area contributed by atoms with Gasteiger partial charge < -0.3 is 0 Å². The highest BCUT2D eigenvalue weighted by Gasteiger charge is 2.14. The normalized spacial score (nSPS) is 16.6. The van der Waals surface area contributed by atoms with E-state index in [1.807, 2.05) is 0 Å². The van der Waals surface area contributed by atoms with Crippen LogP contribution in [0.5, 0.6) is 0 Å². The first-order valence-corrected chi connectivity index (χ1v) is 10.2. The minimum atomic E-state index is 1.19. The number of nitrogens with zero attached hydrogens (tertiary/aromatic N) is 2. The minimum absolute atomic E-state index is 1.19. The first kappa shape index (κ1) is 20.0. The first-order chi connectivity index (χ1) is 10.8. The van der Waals surface area contributed by atoms with Gasteiger partial charge in [-0.1, -0.05) is 90.4 Å². The molecule has 0 amide bonds. The van der Waals surface area contributed by atoms with Crippen LogP contribution in [0, 0.1) is 0 Å². The predicted molar refractivity (Wildman–Crippen MR) is 99.4 cm³/mol. The summed E-state index contributed by atoms with van der Waals surface area (Å²) in [6.45, 7) is 7.36. The highest BCUT2D eigenvalue weighted by atomic mass is 15.4. The second-order valence-electron chi connectivity index (χ2n) is 7.44. The van der Waals surface area contributed by atoms with Crippen LogP contribution in [0.2, 0.25) is 0 Å². The monoisotopic (exact) mass is 310 g/mol. The Morgan fingerprint density at radius 3 is 1.45 bits per heavy atom. The van der Waals surface area contributed by atoms with Crippen molar-refractivity contribution in [1.82, 2.24) is 9.80 Å². The van der Waals surface area contributed by atoms with Gasteiger partial charge in [-0.2, -0.15) is 0 Å². The molecule has 0 aromatic carbocycles. The van der Waals surface area contributed by atoms with Crippen molar-refractivity contribution in [2.75, 3.05) is 33.4 Å². The second kappa shape index (κ2) is 14.5. The lowest BCUT2D eigenvalue weighted by molar-refractivity contribution is 0.269. The van der Waals surface area contributed by atoms with Gasteiger partial charge in [-0.25, -0.2) is 0 Å². The van der Waals surface area contributed by atoms with Crippen molar-refractivity contribution in [2.24, 2.45) is 0 Å². The summed E-state index contributed by atoms with van der Waals surface area (Å²) >= 11 is 0. The Balaban J connectivity index is 1.68. The van der Waals surface area contributed by atoms with Gasteiger partial charge in [0.15, 0.2) is 0 Å². The van der Waals surface area contributed by atoms with Crippen LogP contribution in [0.4, 0.5) is 0 Å². The Labute approximate surface area is 140 Å². The van der Waals surface area contributed by atoms with E-state index in [1.54, 1.807) is 0 Å². The van der Waals surface area contributed by atoms with E-state index in [9.17, 15) is 0 Å². The van der Waals surface area contributed by atoms with Gasteiger partial charge in [0, 0.05) is 13.1 Å². The smallest absolute Gasteiger partial charge is 0.0504 e. The molecule has 0 aromatic heterocycles. The lowest BCUT2D eigenvalue weighted by atomic mass is 10.0. The van der Waals surface area contributed by atoms with Crippen LogP contribution in [0.1, 0.15) is 96.8 Å². The average Bonchev–Trinajstić information content (AvgIpc) is 2.93. The van der Waals surface area contributed by atoms with Gasteiger partial charge in [0.2, 0.25) is 0 Å². The molecule has 1 rings (SSSR count). The maximum atomic E-state index is 2.60. The lowest BCUT2D eigenvalue weighted by Gasteiger charge is -2.14. The lowest BCUT2D eigenvalue weighted by Crippen LogP contribution is -2.24. The van der Waals surface area contributed by atoms with E-state index in [4.69, 9.17) is 0 Å². The zero-order valence-electron chi connectivity index (χ0n) is 15.6. The van der Waals surface area contributed by atoms with Gasteiger partial charge in [-0.15, -0.1) is 0 Å². The quantitative estimate of drug-likeness (QED) is 0.359. The fraction of sp³-hybridized carbons (Fsp3) is 1.00. The summed E-state index contributed by atoms with van der Waals surface area (Å²) in [7, 11) is 2.23. The predicted octanol–water partition coefficient (Wildman–Crippen LogP) is 5.67. The van der Waals surface area contributed by atoms with E-state index in [-0.39, 0.29) is 0 Å². The molecule has 0 radical (unpaired) electrons. The van der Waals surface area contributed by atoms with Crippen LogP contribution in [0.25, 0.3) is 0 Å². The third kappa shape index (κ3) is 11.5. The van der Waals surface area contributed by atoms with Gasteiger partial charge in [0.05, 0.1) is 6.67 Å². The largest absolute Gasteiger partial charge is 0.292 e. The van der Waals surface area contributed by atoms with Crippen LogP contribution in [-0.2, 0) is 0 Å². The van der Waals surface area contributed by atoms with E-state index < -0.39 is 0 Å². The van der Waals surface area contributed by atoms with Crippen molar-refractivity contribution in [3.63, 3.8) is 0 Å². The first-order valence-electron chi connectivity index (χ1n) is 10.2. The summed E-state index contributed by atoms with van der Waals surface area (Å²) in [6, 6.07) is 0. The van der Waals surface area contributed by atoms with Crippen LogP contribution in [-0.4, -0.2) is 43.2 Å². The Morgan fingerprint density at radius 2 is 1.05 bits per heavy atom. The van der Waals surface area contributed by atoms with Crippen LogP contribution in [0.3, 0.4) is 0 Å². The van der Waals surface area contributed by atoms with E-state index >= 15 is 0 Å². The standard InChI is InChI=1S/C20H42N2/c1-3-4-5-6-7-8-9-10-11-12-13-14-15-16-17-22-19-18-21(2)20-22/h3-20H2,1-2H3. The fourth-order valence-corrected chi connectivity index (χ4v) is 3.51. The summed E-state index contributed by atoms with van der Waals surface area (Å²) in [5.74, 6) is 0. The van der Waals surface area contributed by atoms with Crippen LogP contribution in [0.15, 0.2) is 0 Å². The Kier molecular flexibility index (Phi) is 13.2. The van der Waals surface area contributed by atoms with Gasteiger partial charge in [-0.3, -0.25) is 9.80 Å². The molecule has 0 N–H and O–H groups in total. The van der Waals surface area contributed by atoms with Gasteiger partial charge in [0.1, 0.15) is 0 Å². The Bertz CT molecular complexity index is 230. The summed E-state index contributed by atoms with van der Waals surface area (Å²) in [4.78, 5) is 5.02. The van der Waals surface area contributed by atoms with E-state index in [2.05, 4.69) is 23.8 Å². The van der Waals surface area contributed by atoms with Crippen molar-refractivity contribution < 1.29 is 0 Å². The number of unbranched alkanes of at least 4 members (excludes halogenated alkanes) is 13. The van der Waals surface area contributed by atoms with Crippen molar-refractivity contribution in [2.45, 2.75) is 96.8 Å². The molecular formula is C20H42N2. The molecule has 2 nitrogen and oxygen atoms in total. The van der Waals surface area contributed by atoms with Gasteiger partial charge in [0.25, 0.3) is 0 Å². The molecule has 22 heavy (non-hydrogen) atoms. The molecule has 0 aromatic rings. The van der Waals surface area contributed by atoms with Crippen molar-refractivity contribution >= 4 is 0 Å². The van der Waals surface area contributed by atoms with Crippen molar-refractivity contribution in [1.29, 1.82) is 0 Å². The highest BCUT2D eigenvalue weighted by molar-refractivity contribution is 4.67. The van der Waals surface area contributed by atoms with E-state index in [1.165, 1.54) is 116 Å². The molecule has 1 aliphatic rings. The molecule has 132 valence electrons. The Hall–Kier alpha value is -0.0800. The van der Waals surface area contributed by atoms with Crippen molar-refractivity contribution in [3.8, 4) is 0 Å². The molecule has 0 saturated carbocycles. The van der Waals surface area contributed by atoms with Gasteiger partial charge >= 0.3 is 0 Å². The molecule has 1 heterocycles. The van der Waals surface area contributed by atoms with Crippen molar-refractivity contribution in [3.05, 3.63) is 0 Å². The number of hydrogen-bond donors (Lipinski definition) is 0. The maximum absolute atomic E-state index is 2.60. The molecule has 0 bridgehead atoms. The minimum Gasteiger partial charge on any atom is -0.292 e. The molecule has 2 heteroatoms. The number of hydrogen-bond acceptors (Lipinski definition) is 2. The molecule has 0 aliphatic carbocycles. The number of rotatable bonds is 15. The molecule has 1 saturated heterocycles. The van der Waals surface area contributed by atoms with Crippen LogP contribution < -0.4 is 0 Å². The summed E-state index contributed by atoms with van der Waals surface area (Å²) in [5, 5.41) is 0. The third-order valence-corrected chi connectivity index (χ3v) is 5.07. The number of likely N-dealkylation sites (N-methyl/N-ethyl adjacent to an activating group) is 1. The van der Waals surface area contributed by atoms with E-state index in [0.29, 0.717) is 0 Å². The highest BCUT2D eigenvalue weighted by Crippen LogP contribution is 2.13. The Morgan fingerprint density at radius 1 is 0.591 bits per heavy atom. The maximum Gasteiger partial charge on any atom is 0.0504 e. The van der Waals surface area contributed by atoms with Crippen LogP contribution >= 0.6 is 0 Å². The molecule has 0 unspecified atom stereocenters. The molecule has 0 atom stereocenters. The summed E-state index contributed by atoms with van der Waals surface area (Å²) < 4.78 is 0. The molecule has 0 spiro atoms. The van der Waals surface area contributed by atoms with E-state index in [0.717, 1.165) is 0 Å². The zero-order chi connectivity index (χ0) is 15.9. The zero-order valence-corrected chi connectivity index (χ0v) is 15.6. The molecule has 1 fully saturated rings. The topological polar surface area (TPSA) is 6.48 Å². The fourth-order valence-electron chi connectivity index (χ4n) is 3.51. The second-order valence-corrected chi connectivity index (χ2v) is 7.44. The molecule has 1 aliphatic heterocycles. The third-order valence-electron chi connectivity index (χ3n) is 5.07. The average molecular weight is 311 g/mol.